The summed E-state index contributed by atoms with van der Waals surface area (Å²) in [6.45, 7) is 1.75. The first-order valence-electron chi connectivity index (χ1n) is 6.29. The second-order valence-corrected chi connectivity index (χ2v) is 5.76. The molecule has 1 saturated heterocycles. The number of amides is 1. The average molecular weight is 260 g/mol. The maximum Gasteiger partial charge on any atom is 0.253 e. The molecule has 0 spiro atoms. The van der Waals surface area contributed by atoms with Gasteiger partial charge in [-0.15, -0.1) is 0 Å². The van der Waals surface area contributed by atoms with Crippen LogP contribution in [0.1, 0.15) is 16.8 Å². The number of hydrogen-bond donors (Lipinski definition) is 1. The van der Waals surface area contributed by atoms with E-state index in [2.05, 4.69) is 4.98 Å². The lowest BCUT2D eigenvalue weighted by atomic mass is 10.1. The van der Waals surface area contributed by atoms with E-state index in [4.69, 9.17) is 0 Å². The third-order valence-electron chi connectivity index (χ3n) is 3.31. The van der Waals surface area contributed by atoms with Gasteiger partial charge in [-0.25, -0.2) is 0 Å². The largest absolute Gasteiger partial charge is 0.361 e. The Morgan fingerprint density at radius 1 is 1.22 bits per heavy atom. The summed E-state index contributed by atoms with van der Waals surface area (Å²) in [5, 5.41) is 1.15. The molecule has 0 bridgehead atoms. The van der Waals surface area contributed by atoms with Crippen molar-refractivity contribution >= 4 is 28.6 Å². The number of H-pyrrole nitrogens is 1. The van der Waals surface area contributed by atoms with Crippen molar-refractivity contribution in [3.8, 4) is 0 Å². The molecule has 18 heavy (non-hydrogen) atoms. The second-order valence-electron chi connectivity index (χ2n) is 4.54. The molecule has 0 unspecified atom stereocenters. The molecule has 2 heterocycles. The zero-order valence-electron chi connectivity index (χ0n) is 10.2. The van der Waals surface area contributed by atoms with Crippen LogP contribution in [-0.4, -0.2) is 40.4 Å². The summed E-state index contributed by atoms with van der Waals surface area (Å²) < 4.78 is 0. The molecule has 1 aliphatic rings. The summed E-state index contributed by atoms with van der Waals surface area (Å²) in [4.78, 5) is 17.6. The van der Waals surface area contributed by atoms with Crippen LogP contribution in [0.25, 0.3) is 10.9 Å². The van der Waals surface area contributed by atoms with Crippen molar-refractivity contribution in [2.45, 2.75) is 6.42 Å². The Bertz CT molecular complexity index is 556. The number of thioether (sulfide) groups is 1. The quantitative estimate of drug-likeness (QED) is 0.856. The highest BCUT2D eigenvalue weighted by atomic mass is 32.2. The molecule has 1 aliphatic heterocycles. The van der Waals surface area contributed by atoms with Gasteiger partial charge in [-0.1, -0.05) is 6.07 Å². The Balaban J connectivity index is 1.85. The standard InChI is InChI=1S/C14H16N2OS/c17-14(16-6-1-8-18-9-7-16)12-3-2-11-4-5-15-13(11)10-12/h2-5,10,15H,1,6-9H2. The van der Waals surface area contributed by atoms with Crippen LogP contribution in [0.4, 0.5) is 0 Å². The van der Waals surface area contributed by atoms with Crippen LogP contribution in [0.15, 0.2) is 30.5 Å². The lowest BCUT2D eigenvalue weighted by Crippen LogP contribution is -2.32. The molecule has 3 rings (SSSR count). The predicted octanol–water partition coefficient (Wildman–Crippen LogP) is 2.75. The van der Waals surface area contributed by atoms with E-state index >= 15 is 0 Å². The average Bonchev–Trinajstić information content (AvgIpc) is 2.69. The second kappa shape index (κ2) is 5.06. The van der Waals surface area contributed by atoms with Crippen LogP contribution in [0.3, 0.4) is 0 Å². The molecule has 1 N–H and O–H groups in total. The van der Waals surface area contributed by atoms with E-state index in [1.165, 1.54) is 5.75 Å². The van der Waals surface area contributed by atoms with Crippen molar-refractivity contribution in [1.82, 2.24) is 9.88 Å². The highest BCUT2D eigenvalue weighted by Crippen LogP contribution is 2.17. The molecular weight excluding hydrogens is 244 g/mol. The minimum Gasteiger partial charge on any atom is -0.361 e. The van der Waals surface area contributed by atoms with Crippen LogP contribution < -0.4 is 0 Å². The fraction of sp³-hybridized carbons (Fsp3) is 0.357. The topological polar surface area (TPSA) is 36.1 Å². The molecule has 2 aromatic rings. The number of carbonyl (C=O) groups excluding carboxylic acids is 1. The molecule has 1 amide bonds. The number of benzene rings is 1. The number of aromatic nitrogens is 1. The maximum atomic E-state index is 12.4. The SMILES string of the molecule is O=C(c1ccc2cc[nH]c2c1)N1CCCSCC1. The van der Waals surface area contributed by atoms with Gasteiger partial charge < -0.3 is 9.88 Å². The summed E-state index contributed by atoms with van der Waals surface area (Å²) >= 11 is 1.94. The summed E-state index contributed by atoms with van der Waals surface area (Å²) in [6.07, 6.45) is 3.00. The molecule has 0 aliphatic carbocycles. The lowest BCUT2D eigenvalue weighted by molar-refractivity contribution is 0.0768. The Hall–Kier alpha value is -1.42. The molecule has 1 aromatic heterocycles. The Morgan fingerprint density at radius 3 is 3.11 bits per heavy atom. The molecule has 0 radical (unpaired) electrons. The number of hydrogen-bond acceptors (Lipinski definition) is 2. The lowest BCUT2D eigenvalue weighted by Gasteiger charge is -2.19. The molecular formula is C14H16N2OS. The molecule has 1 fully saturated rings. The number of fused-ring (bicyclic) bond motifs is 1. The van der Waals surface area contributed by atoms with E-state index in [1.54, 1.807) is 0 Å². The summed E-state index contributed by atoms with van der Waals surface area (Å²) in [7, 11) is 0. The first-order chi connectivity index (χ1) is 8.84. The van der Waals surface area contributed by atoms with Gasteiger partial charge in [0.1, 0.15) is 0 Å². The fourth-order valence-electron chi connectivity index (χ4n) is 2.31. The minimum absolute atomic E-state index is 0.161. The molecule has 0 saturated carbocycles. The number of rotatable bonds is 1. The first-order valence-corrected chi connectivity index (χ1v) is 7.44. The number of nitrogens with zero attached hydrogens (tertiary/aromatic N) is 1. The van der Waals surface area contributed by atoms with Crippen molar-refractivity contribution in [3.63, 3.8) is 0 Å². The molecule has 94 valence electrons. The number of carbonyl (C=O) groups is 1. The van der Waals surface area contributed by atoms with Crippen LogP contribution in [0.5, 0.6) is 0 Å². The zero-order valence-corrected chi connectivity index (χ0v) is 11.0. The Morgan fingerprint density at radius 2 is 2.17 bits per heavy atom. The van der Waals surface area contributed by atoms with Crippen molar-refractivity contribution in [1.29, 1.82) is 0 Å². The fourth-order valence-corrected chi connectivity index (χ4v) is 3.20. The van der Waals surface area contributed by atoms with E-state index in [1.807, 2.05) is 47.1 Å². The van der Waals surface area contributed by atoms with Gasteiger partial charge in [0.05, 0.1) is 0 Å². The third-order valence-corrected chi connectivity index (χ3v) is 4.36. The highest BCUT2D eigenvalue weighted by Gasteiger charge is 2.17. The normalized spacial score (nSPS) is 16.8. The van der Waals surface area contributed by atoms with Gasteiger partial charge in [-0.05, 0) is 35.8 Å². The van der Waals surface area contributed by atoms with Gasteiger partial charge in [0.15, 0.2) is 0 Å². The smallest absolute Gasteiger partial charge is 0.253 e. The van der Waals surface area contributed by atoms with Gasteiger partial charge in [0.25, 0.3) is 5.91 Å². The summed E-state index contributed by atoms with van der Waals surface area (Å²) in [5.41, 5.74) is 1.82. The van der Waals surface area contributed by atoms with Gasteiger partial charge in [0.2, 0.25) is 0 Å². The number of nitrogens with one attached hydrogen (secondary N) is 1. The molecule has 4 heteroatoms. The predicted molar refractivity (Wildman–Crippen MR) is 76.1 cm³/mol. The summed E-state index contributed by atoms with van der Waals surface area (Å²) in [6, 6.07) is 7.91. The van der Waals surface area contributed by atoms with Crippen LogP contribution in [-0.2, 0) is 0 Å². The minimum atomic E-state index is 0.161. The van der Waals surface area contributed by atoms with Crippen molar-refractivity contribution < 1.29 is 4.79 Å². The molecule has 3 nitrogen and oxygen atoms in total. The maximum absolute atomic E-state index is 12.4. The number of aromatic amines is 1. The third kappa shape index (κ3) is 2.25. The van der Waals surface area contributed by atoms with Crippen LogP contribution >= 0.6 is 11.8 Å². The van der Waals surface area contributed by atoms with Crippen molar-refractivity contribution in [2.75, 3.05) is 24.6 Å². The van der Waals surface area contributed by atoms with E-state index in [0.717, 1.165) is 41.7 Å². The van der Waals surface area contributed by atoms with Crippen molar-refractivity contribution in [2.24, 2.45) is 0 Å². The van der Waals surface area contributed by atoms with Crippen LogP contribution in [0.2, 0.25) is 0 Å². The van der Waals surface area contributed by atoms with Gasteiger partial charge in [-0.2, -0.15) is 11.8 Å². The first kappa shape index (κ1) is 11.7. The summed E-state index contributed by atoms with van der Waals surface area (Å²) in [5.74, 6) is 2.38. The van der Waals surface area contributed by atoms with E-state index in [9.17, 15) is 4.79 Å². The van der Waals surface area contributed by atoms with Gasteiger partial charge in [-0.3, -0.25) is 4.79 Å². The van der Waals surface area contributed by atoms with Gasteiger partial charge in [0, 0.05) is 36.1 Å². The van der Waals surface area contributed by atoms with Gasteiger partial charge >= 0.3 is 0 Å². The molecule has 1 aromatic carbocycles. The zero-order chi connectivity index (χ0) is 12.4. The monoisotopic (exact) mass is 260 g/mol. The van der Waals surface area contributed by atoms with E-state index < -0.39 is 0 Å². The van der Waals surface area contributed by atoms with Crippen molar-refractivity contribution in [3.05, 3.63) is 36.0 Å². The Kier molecular flexibility index (Phi) is 3.28. The highest BCUT2D eigenvalue weighted by molar-refractivity contribution is 7.99. The Labute approximate surface area is 111 Å². The van der Waals surface area contributed by atoms with E-state index in [0.29, 0.717) is 0 Å². The molecule has 0 atom stereocenters. The van der Waals surface area contributed by atoms with Crippen LogP contribution in [0, 0.1) is 0 Å². The van der Waals surface area contributed by atoms with E-state index in [-0.39, 0.29) is 5.91 Å².